The zero-order valence-electron chi connectivity index (χ0n) is 29.3. The number of aliphatic imine (C=N–C) groups is 2. The van der Waals surface area contributed by atoms with E-state index in [9.17, 15) is 0 Å². The standard InChI is InChI=1S/C48H34N4O/c1-48(2)38-21-11-9-18-32(38)36-28-42-37(27-39(36)48)33-19-10-12-22-40(33)52(42)41-23-13-20-35-34-25-24-31(26-43(34)53-44(35)41)47-50-45(29-14-5-3-6-15-29)49-46(51-47)30-16-7-4-8-17-30/h3-28,45H,1-2H3,(H,49,50,51). The first-order valence-corrected chi connectivity index (χ1v) is 18.2. The second-order valence-corrected chi connectivity index (χ2v) is 14.6. The molecule has 1 aliphatic heterocycles. The van der Waals surface area contributed by atoms with Crippen molar-refractivity contribution >= 4 is 55.4 Å². The second-order valence-electron chi connectivity index (χ2n) is 14.6. The predicted molar refractivity (Wildman–Crippen MR) is 217 cm³/mol. The van der Waals surface area contributed by atoms with Crippen molar-refractivity contribution in [2.75, 3.05) is 0 Å². The number of aromatic nitrogens is 1. The third-order valence-corrected chi connectivity index (χ3v) is 11.3. The lowest BCUT2D eigenvalue weighted by Crippen LogP contribution is -2.33. The monoisotopic (exact) mass is 682 g/mol. The number of fused-ring (bicyclic) bond motifs is 9. The van der Waals surface area contributed by atoms with Crippen molar-refractivity contribution < 1.29 is 4.42 Å². The highest BCUT2D eigenvalue weighted by Gasteiger charge is 2.36. The van der Waals surface area contributed by atoms with Gasteiger partial charge in [0.2, 0.25) is 0 Å². The van der Waals surface area contributed by atoms with Crippen LogP contribution in [-0.2, 0) is 5.41 Å². The molecule has 7 aromatic carbocycles. The van der Waals surface area contributed by atoms with Crippen LogP contribution in [0.2, 0.25) is 0 Å². The van der Waals surface area contributed by atoms with Crippen molar-refractivity contribution in [3.8, 4) is 16.8 Å². The van der Waals surface area contributed by atoms with Crippen molar-refractivity contribution in [3.63, 3.8) is 0 Å². The van der Waals surface area contributed by atoms with Crippen molar-refractivity contribution in [2.24, 2.45) is 9.98 Å². The molecule has 1 N–H and O–H groups in total. The van der Waals surface area contributed by atoms with E-state index in [1.54, 1.807) is 0 Å². The van der Waals surface area contributed by atoms with Crippen LogP contribution in [0.15, 0.2) is 172 Å². The van der Waals surface area contributed by atoms with Gasteiger partial charge in [-0.05, 0) is 64.2 Å². The fraction of sp³-hybridized carbons (Fsp3) is 0.0833. The van der Waals surface area contributed by atoms with E-state index in [1.165, 1.54) is 38.5 Å². The molecule has 0 saturated heterocycles. The fourth-order valence-corrected chi connectivity index (χ4v) is 8.65. The van der Waals surface area contributed by atoms with Crippen LogP contribution >= 0.6 is 0 Å². The molecule has 0 amide bonds. The molecule has 9 aromatic rings. The number of nitrogens with one attached hydrogen (secondary N) is 1. The SMILES string of the molecule is CC1(C)c2ccccc2-c2cc3c(cc21)c1ccccc1n3-c1cccc2c1oc1cc(C3=NC(c4ccccc4)=NC(c4ccccc4)N3)ccc12. The molecule has 1 unspecified atom stereocenters. The molecule has 5 heteroatoms. The average Bonchev–Trinajstić information content (AvgIpc) is 3.83. The Balaban J connectivity index is 1.09. The first-order valence-electron chi connectivity index (χ1n) is 18.2. The number of hydrogen-bond donors (Lipinski definition) is 1. The molecule has 1 atom stereocenters. The number of benzene rings is 7. The highest BCUT2D eigenvalue weighted by Crippen LogP contribution is 2.51. The van der Waals surface area contributed by atoms with Gasteiger partial charge in [-0.15, -0.1) is 0 Å². The summed E-state index contributed by atoms with van der Waals surface area (Å²) in [4.78, 5) is 10.1. The Morgan fingerprint density at radius 3 is 2.21 bits per heavy atom. The quantitative estimate of drug-likeness (QED) is 0.201. The topological polar surface area (TPSA) is 54.8 Å². The van der Waals surface area contributed by atoms with E-state index in [0.717, 1.165) is 55.7 Å². The molecule has 0 spiro atoms. The molecule has 1 aliphatic carbocycles. The van der Waals surface area contributed by atoms with Gasteiger partial charge in [-0.1, -0.05) is 135 Å². The largest absolute Gasteiger partial charge is 0.454 e. The van der Waals surface area contributed by atoms with E-state index in [0.29, 0.717) is 5.84 Å². The van der Waals surface area contributed by atoms with Crippen molar-refractivity contribution in [1.82, 2.24) is 9.88 Å². The van der Waals surface area contributed by atoms with Crippen LogP contribution in [-0.4, -0.2) is 16.2 Å². The van der Waals surface area contributed by atoms with E-state index < -0.39 is 0 Å². The first-order chi connectivity index (χ1) is 26.0. The number of furan rings is 1. The Kier molecular flexibility index (Phi) is 6.30. The second kappa shape index (κ2) is 11.1. The zero-order chi connectivity index (χ0) is 35.3. The molecular formula is C48H34N4O. The van der Waals surface area contributed by atoms with Crippen LogP contribution in [0, 0.1) is 0 Å². The minimum atomic E-state index is -0.272. The van der Waals surface area contributed by atoms with Gasteiger partial charge >= 0.3 is 0 Å². The third kappa shape index (κ3) is 4.44. The lowest BCUT2D eigenvalue weighted by Gasteiger charge is -2.23. The van der Waals surface area contributed by atoms with Gasteiger partial charge in [0.25, 0.3) is 0 Å². The summed E-state index contributed by atoms with van der Waals surface area (Å²) in [5.74, 6) is 1.46. The maximum absolute atomic E-state index is 6.91. The molecule has 53 heavy (non-hydrogen) atoms. The average molecular weight is 683 g/mol. The molecule has 11 rings (SSSR count). The Hall–Kier alpha value is -6.72. The van der Waals surface area contributed by atoms with Crippen LogP contribution in [0.25, 0.3) is 60.6 Å². The summed E-state index contributed by atoms with van der Waals surface area (Å²) in [7, 11) is 0. The van der Waals surface area contributed by atoms with Gasteiger partial charge in [0, 0.05) is 38.1 Å². The first kappa shape index (κ1) is 30.0. The van der Waals surface area contributed by atoms with Crippen molar-refractivity contribution in [3.05, 3.63) is 186 Å². The molecule has 3 heterocycles. The molecule has 2 aliphatic rings. The highest BCUT2D eigenvalue weighted by molar-refractivity contribution is 6.16. The summed E-state index contributed by atoms with van der Waals surface area (Å²) in [6.07, 6.45) is -0.272. The lowest BCUT2D eigenvalue weighted by molar-refractivity contribution is 0.661. The number of nitrogens with zero attached hydrogens (tertiary/aromatic N) is 3. The van der Waals surface area contributed by atoms with Crippen LogP contribution < -0.4 is 5.32 Å². The summed E-state index contributed by atoms with van der Waals surface area (Å²) < 4.78 is 9.30. The van der Waals surface area contributed by atoms with Gasteiger partial charge in [-0.3, -0.25) is 0 Å². The molecule has 2 aromatic heterocycles. The lowest BCUT2D eigenvalue weighted by atomic mass is 9.82. The van der Waals surface area contributed by atoms with Gasteiger partial charge in [-0.25, -0.2) is 9.98 Å². The Labute approximate surface area is 306 Å². The normalized spacial score (nSPS) is 16.1. The van der Waals surface area contributed by atoms with Gasteiger partial charge in [0.1, 0.15) is 17.6 Å². The van der Waals surface area contributed by atoms with Crippen LogP contribution in [0.5, 0.6) is 0 Å². The maximum Gasteiger partial charge on any atom is 0.159 e. The van der Waals surface area contributed by atoms with Crippen molar-refractivity contribution in [2.45, 2.75) is 25.4 Å². The fourth-order valence-electron chi connectivity index (χ4n) is 8.65. The van der Waals surface area contributed by atoms with E-state index in [-0.39, 0.29) is 11.6 Å². The molecule has 0 bridgehead atoms. The van der Waals surface area contributed by atoms with Gasteiger partial charge < -0.3 is 14.3 Å². The van der Waals surface area contributed by atoms with E-state index in [4.69, 9.17) is 14.4 Å². The minimum absolute atomic E-state index is 0.0773. The Morgan fingerprint density at radius 1 is 0.585 bits per heavy atom. The Bertz CT molecular complexity index is 3000. The molecule has 0 radical (unpaired) electrons. The van der Waals surface area contributed by atoms with E-state index in [2.05, 4.69) is 145 Å². The summed E-state index contributed by atoms with van der Waals surface area (Å²) >= 11 is 0. The van der Waals surface area contributed by atoms with Crippen LogP contribution in [0.1, 0.15) is 47.8 Å². The maximum atomic E-state index is 6.91. The number of amidine groups is 2. The van der Waals surface area contributed by atoms with E-state index in [1.807, 2.05) is 36.4 Å². The van der Waals surface area contributed by atoms with E-state index >= 15 is 0 Å². The van der Waals surface area contributed by atoms with Gasteiger partial charge in [-0.2, -0.15) is 0 Å². The summed E-state index contributed by atoms with van der Waals surface area (Å²) in [5, 5.41) is 8.24. The zero-order valence-corrected chi connectivity index (χ0v) is 29.3. The van der Waals surface area contributed by atoms with Crippen LogP contribution in [0.4, 0.5) is 0 Å². The third-order valence-electron chi connectivity index (χ3n) is 11.3. The summed E-state index contributed by atoms with van der Waals surface area (Å²) in [5.41, 5.74) is 13.3. The van der Waals surface area contributed by atoms with Gasteiger partial charge in [0.05, 0.1) is 16.7 Å². The Morgan fingerprint density at radius 2 is 1.34 bits per heavy atom. The smallest absolute Gasteiger partial charge is 0.159 e. The highest BCUT2D eigenvalue weighted by atomic mass is 16.3. The number of para-hydroxylation sites is 2. The predicted octanol–water partition coefficient (Wildman–Crippen LogP) is 11.5. The molecule has 0 saturated carbocycles. The molecule has 0 fully saturated rings. The van der Waals surface area contributed by atoms with Crippen molar-refractivity contribution in [1.29, 1.82) is 0 Å². The summed E-state index contributed by atoms with van der Waals surface area (Å²) in [6.45, 7) is 4.69. The molecular weight excluding hydrogens is 649 g/mol. The number of rotatable bonds is 4. The van der Waals surface area contributed by atoms with Gasteiger partial charge in [0.15, 0.2) is 11.4 Å². The van der Waals surface area contributed by atoms with Crippen LogP contribution in [0.3, 0.4) is 0 Å². The summed E-state index contributed by atoms with van der Waals surface area (Å²) in [6, 6.07) is 55.8. The molecule has 252 valence electrons. The minimum Gasteiger partial charge on any atom is -0.454 e. The molecule has 5 nitrogen and oxygen atoms in total. The number of hydrogen-bond acceptors (Lipinski definition) is 4.